The second kappa shape index (κ2) is 5.51. The van der Waals surface area contributed by atoms with Crippen molar-refractivity contribution < 1.29 is 41.4 Å². The fourth-order valence-corrected chi connectivity index (χ4v) is 1.85. The fourth-order valence-electron chi connectivity index (χ4n) is 1.85. The van der Waals surface area contributed by atoms with Gasteiger partial charge in [-0.25, -0.2) is 26.3 Å². The molecule has 0 spiro atoms. The van der Waals surface area contributed by atoms with Gasteiger partial charge in [0.05, 0.1) is 0 Å². The number of ketones is 1. The van der Waals surface area contributed by atoms with Crippen molar-refractivity contribution in [1.82, 2.24) is 0 Å². The molecule has 0 heterocycles. The van der Waals surface area contributed by atoms with Gasteiger partial charge in [0.1, 0.15) is 22.5 Å². The van der Waals surface area contributed by atoms with Crippen LogP contribution in [0.1, 0.15) is 15.9 Å². The topological polar surface area (TPSA) is 110 Å². The van der Waals surface area contributed by atoms with E-state index < -0.39 is 74.7 Å². The molecule has 0 fully saturated rings. The number of aromatic hydroxyl groups is 2. The van der Waals surface area contributed by atoms with Gasteiger partial charge >= 0.3 is 0 Å². The van der Waals surface area contributed by atoms with Crippen LogP contribution in [0, 0.1) is 34.9 Å². The number of hydrogen-bond donors (Lipinski definition) is 4. The summed E-state index contributed by atoms with van der Waals surface area (Å²) in [6.45, 7) is 0. The van der Waals surface area contributed by atoms with E-state index in [0.29, 0.717) is 0 Å². The van der Waals surface area contributed by atoms with Crippen LogP contribution >= 0.6 is 0 Å². The van der Waals surface area contributed by atoms with Crippen LogP contribution in [-0.4, -0.2) is 16.0 Å². The molecule has 0 saturated heterocycles. The van der Waals surface area contributed by atoms with Crippen molar-refractivity contribution in [2.24, 2.45) is 0 Å². The maximum atomic E-state index is 13.8. The summed E-state index contributed by atoms with van der Waals surface area (Å²) in [5.41, 5.74) is 3.00. The molecular formula is C13H6F6N2O3. The van der Waals surface area contributed by atoms with E-state index in [9.17, 15) is 41.4 Å². The molecule has 0 bridgehead atoms. The van der Waals surface area contributed by atoms with Crippen molar-refractivity contribution in [1.29, 1.82) is 0 Å². The molecule has 0 aliphatic heterocycles. The van der Waals surface area contributed by atoms with Crippen LogP contribution < -0.4 is 11.5 Å². The zero-order chi connectivity index (χ0) is 18.5. The highest BCUT2D eigenvalue weighted by Crippen LogP contribution is 2.37. The molecule has 0 aromatic heterocycles. The molecule has 6 N–H and O–H groups in total. The summed E-state index contributed by atoms with van der Waals surface area (Å²) in [5, 5.41) is 18.4. The van der Waals surface area contributed by atoms with E-state index in [-0.39, 0.29) is 0 Å². The molecule has 0 amide bonds. The first kappa shape index (κ1) is 17.2. The molecule has 128 valence electrons. The molecule has 11 heteroatoms. The standard InChI is InChI=1S/C13H6F6N2O3/c14-3-1(5(16)12(23)9(20)7(3)18)11(22)2-4(15)8(19)10(21)13(24)6(2)17/h23-24H,20-21H2. The third-order valence-electron chi connectivity index (χ3n) is 3.12. The minimum Gasteiger partial charge on any atom is -0.503 e. The number of benzene rings is 2. The smallest absolute Gasteiger partial charge is 0.205 e. The van der Waals surface area contributed by atoms with Gasteiger partial charge in [-0.3, -0.25) is 4.79 Å². The van der Waals surface area contributed by atoms with Gasteiger partial charge in [-0.2, -0.15) is 0 Å². The monoisotopic (exact) mass is 352 g/mol. The number of nitrogen functional groups attached to an aromatic ring is 2. The lowest BCUT2D eigenvalue weighted by molar-refractivity contribution is 0.101. The van der Waals surface area contributed by atoms with Crippen molar-refractivity contribution in [3.05, 3.63) is 46.0 Å². The normalized spacial score (nSPS) is 10.9. The van der Waals surface area contributed by atoms with Crippen molar-refractivity contribution >= 4 is 17.2 Å². The summed E-state index contributed by atoms with van der Waals surface area (Å²) in [4.78, 5) is 12.0. The predicted molar refractivity (Wildman–Crippen MR) is 68.2 cm³/mol. The lowest BCUT2D eigenvalue weighted by Crippen LogP contribution is -2.16. The van der Waals surface area contributed by atoms with E-state index >= 15 is 0 Å². The number of nitrogens with two attached hydrogens (primary N) is 2. The SMILES string of the molecule is Nc1c(O)c(F)c(C(=O)c2c(F)c(O)c(N)c(F)c2F)c(F)c1F. The zero-order valence-electron chi connectivity index (χ0n) is 11.2. The Bertz CT molecular complexity index is 771. The van der Waals surface area contributed by atoms with Gasteiger partial charge in [-0.05, 0) is 0 Å². The average Bonchev–Trinajstić information content (AvgIpc) is 2.55. The van der Waals surface area contributed by atoms with Gasteiger partial charge in [0.15, 0.2) is 46.4 Å². The summed E-state index contributed by atoms with van der Waals surface area (Å²) in [5.74, 6) is -18.6. The first-order chi connectivity index (χ1) is 11.0. The third-order valence-corrected chi connectivity index (χ3v) is 3.12. The number of halogens is 6. The van der Waals surface area contributed by atoms with Crippen LogP contribution in [0.2, 0.25) is 0 Å². The largest absolute Gasteiger partial charge is 0.503 e. The molecule has 0 atom stereocenters. The minimum absolute atomic E-state index is 1.39. The highest BCUT2D eigenvalue weighted by molar-refractivity contribution is 6.10. The van der Waals surface area contributed by atoms with Gasteiger partial charge in [-0.15, -0.1) is 0 Å². The Morgan fingerprint density at radius 2 is 0.917 bits per heavy atom. The number of carbonyl (C=O) groups excluding carboxylic acids is 1. The summed E-state index contributed by atoms with van der Waals surface area (Å²) < 4.78 is 81.9. The van der Waals surface area contributed by atoms with Crippen molar-refractivity contribution in [2.75, 3.05) is 11.5 Å². The Morgan fingerprint density at radius 3 is 1.21 bits per heavy atom. The molecule has 2 rings (SSSR count). The highest BCUT2D eigenvalue weighted by atomic mass is 19.2. The highest BCUT2D eigenvalue weighted by Gasteiger charge is 2.34. The Kier molecular flexibility index (Phi) is 3.96. The molecule has 0 saturated carbocycles. The number of anilines is 2. The van der Waals surface area contributed by atoms with Crippen LogP contribution in [0.25, 0.3) is 0 Å². The fraction of sp³-hybridized carbons (Fsp3) is 0. The average molecular weight is 352 g/mol. The minimum atomic E-state index is -2.27. The van der Waals surface area contributed by atoms with Crippen LogP contribution in [0.3, 0.4) is 0 Å². The van der Waals surface area contributed by atoms with Crippen molar-refractivity contribution in [2.45, 2.75) is 0 Å². The number of hydrogen-bond acceptors (Lipinski definition) is 5. The second-order valence-electron chi connectivity index (χ2n) is 4.49. The zero-order valence-corrected chi connectivity index (χ0v) is 11.2. The summed E-state index contributed by atoms with van der Waals surface area (Å²) in [6.07, 6.45) is 0. The number of phenolic OH excluding ortho intramolecular Hbond substituents is 2. The molecule has 0 aliphatic rings. The lowest BCUT2D eigenvalue weighted by Gasteiger charge is -2.12. The van der Waals surface area contributed by atoms with Crippen LogP contribution in [-0.2, 0) is 0 Å². The predicted octanol–water partition coefficient (Wildman–Crippen LogP) is 2.33. The van der Waals surface area contributed by atoms with E-state index in [0.717, 1.165) is 0 Å². The lowest BCUT2D eigenvalue weighted by atomic mass is 9.98. The van der Waals surface area contributed by atoms with Crippen molar-refractivity contribution in [3.63, 3.8) is 0 Å². The molecule has 0 unspecified atom stereocenters. The molecule has 2 aromatic carbocycles. The van der Waals surface area contributed by atoms with Gasteiger partial charge in [0.25, 0.3) is 0 Å². The van der Waals surface area contributed by atoms with Crippen LogP contribution in [0.4, 0.5) is 37.7 Å². The second-order valence-corrected chi connectivity index (χ2v) is 4.49. The summed E-state index contributed by atoms with van der Waals surface area (Å²) in [7, 11) is 0. The van der Waals surface area contributed by atoms with E-state index in [2.05, 4.69) is 0 Å². The van der Waals surface area contributed by atoms with Crippen molar-refractivity contribution in [3.8, 4) is 11.5 Å². The molecular weight excluding hydrogens is 346 g/mol. The maximum Gasteiger partial charge on any atom is 0.205 e. The van der Waals surface area contributed by atoms with Gasteiger partial charge in [0, 0.05) is 0 Å². The summed E-state index contributed by atoms with van der Waals surface area (Å²) >= 11 is 0. The van der Waals surface area contributed by atoms with Gasteiger partial charge in [0.2, 0.25) is 5.78 Å². The van der Waals surface area contributed by atoms with Gasteiger partial charge in [-0.1, -0.05) is 0 Å². The molecule has 0 aliphatic carbocycles. The Hall–Kier alpha value is -3.11. The summed E-state index contributed by atoms with van der Waals surface area (Å²) in [6, 6.07) is 0. The maximum absolute atomic E-state index is 13.8. The molecule has 5 nitrogen and oxygen atoms in total. The molecule has 2 aromatic rings. The van der Waals surface area contributed by atoms with E-state index in [1.54, 1.807) is 0 Å². The van der Waals surface area contributed by atoms with E-state index in [1.807, 2.05) is 0 Å². The van der Waals surface area contributed by atoms with Crippen LogP contribution in [0.5, 0.6) is 11.5 Å². The first-order valence-electron chi connectivity index (χ1n) is 5.86. The number of rotatable bonds is 2. The Morgan fingerprint density at radius 1 is 0.625 bits per heavy atom. The Balaban J connectivity index is 2.87. The first-order valence-corrected chi connectivity index (χ1v) is 5.86. The Labute approximate surface area is 128 Å². The molecule has 0 radical (unpaired) electrons. The molecule has 24 heavy (non-hydrogen) atoms. The number of carbonyl (C=O) groups is 1. The number of phenols is 2. The third kappa shape index (κ3) is 2.16. The van der Waals surface area contributed by atoms with E-state index in [1.165, 1.54) is 0 Å². The quantitative estimate of drug-likeness (QED) is 0.218. The van der Waals surface area contributed by atoms with E-state index in [4.69, 9.17) is 11.5 Å². The van der Waals surface area contributed by atoms with Crippen LogP contribution in [0.15, 0.2) is 0 Å². The van der Waals surface area contributed by atoms with Gasteiger partial charge < -0.3 is 21.7 Å².